The van der Waals surface area contributed by atoms with E-state index in [0.717, 1.165) is 17.1 Å². The van der Waals surface area contributed by atoms with E-state index in [1.807, 2.05) is 43.3 Å². The van der Waals surface area contributed by atoms with Crippen molar-refractivity contribution < 1.29 is 23.7 Å². The maximum absolute atomic E-state index is 11.3. The van der Waals surface area contributed by atoms with Gasteiger partial charge in [-0.3, -0.25) is 4.79 Å². The molecule has 24 heavy (non-hydrogen) atoms. The molecule has 2 aromatic rings. The highest BCUT2D eigenvalue weighted by atomic mass is 16.8. The lowest BCUT2D eigenvalue weighted by Crippen LogP contribution is -2.38. The van der Waals surface area contributed by atoms with Crippen LogP contribution in [0.5, 0.6) is 11.5 Å². The molecule has 0 spiro atoms. The van der Waals surface area contributed by atoms with Gasteiger partial charge in [-0.2, -0.15) is 4.99 Å². The van der Waals surface area contributed by atoms with Gasteiger partial charge in [-0.25, -0.2) is 0 Å². The van der Waals surface area contributed by atoms with E-state index in [4.69, 9.17) is 18.9 Å². The van der Waals surface area contributed by atoms with Gasteiger partial charge in [-0.15, -0.1) is 0 Å². The van der Waals surface area contributed by atoms with E-state index in [9.17, 15) is 4.79 Å². The van der Waals surface area contributed by atoms with Crippen molar-refractivity contribution >= 4 is 18.1 Å². The van der Waals surface area contributed by atoms with Crippen LogP contribution >= 0.6 is 0 Å². The summed E-state index contributed by atoms with van der Waals surface area (Å²) in [5.41, 5.74) is 2.21. The van der Waals surface area contributed by atoms with Crippen LogP contribution in [0.2, 0.25) is 0 Å². The first-order valence-corrected chi connectivity index (χ1v) is 7.33. The quantitative estimate of drug-likeness (QED) is 0.532. The summed E-state index contributed by atoms with van der Waals surface area (Å²) in [7, 11) is 2.82. The molecule has 0 N–H and O–H groups in total. The van der Waals surface area contributed by atoms with Crippen molar-refractivity contribution in [1.29, 1.82) is 0 Å². The van der Waals surface area contributed by atoms with Crippen LogP contribution in [0, 0.1) is 6.92 Å². The molecule has 2 aliphatic heterocycles. The lowest BCUT2D eigenvalue weighted by molar-refractivity contribution is -0.187. The molecule has 4 rings (SSSR count). The van der Waals surface area contributed by atoms with E-state index in [-0.39, 0.29) is 6.08 Å². The van der Waals surface area contributed by atoms with Crippen molar-refractivity contribution in [1.82, 2.24) is 0 Å². The highest BCUT2D eigenvalue weighted by molar-refractivity contribution is 5.82. The molecule has 2 aliphatic rings. The van der Waals surface area contributed by atoms with Crippen molar-refractivity contribution in [2.75, 3.05) is 14.2 Å². The van der Waals surface area contributed by atoms with Crippen LogP contribution in [0.1, 0.15) is 11.1 Å². The van der Waals surface area contributed by atoms with Gasteiger partial charge < -0.3 is 18.9 Å². The van der Waals surface area contributed by atoms with E-state index in [2.05, 4.69) is 4.99 Å². The van der Waals surface area contributed by atoms with Gasteiger partial charge in [0.15, 0.2) is 17.8 Å². The Kier molecular flexibility index (Phi) is 4.22. The number of aldehydes is 1. The Balaban J connectivity index is 0.000000198. The first kappa shape index (κ1) is 16.0. The molecule has 0 saturated carbocycles. The Hall–Kier alpha value is -2.86. The second kappa shape index (κ2) is 6.33. The van der Waals surface area contributed by atoms with Gasteiger partial charge in [0.25, 0.3) is 0 Å². The molecule has 0 aliphatic carbocycles. The smallest absolute Gasteiger partial charge is 0.391 e. The van der Waals surface area contributed by atoms with Crippen molar-refractivity contribution in [2.45, 2.75) is 12.7 Å². The lowest BCUT2D eigenvalue weighted by atomic mass is 10.0. The molecule has 0 aromatic heterocycles. The number of carbonyl (C=O) groups excluding carboxylic acids is 1. The zero-order valence-corrected chi connectivity index (χ0v) is 13.6. The van der Waals surface area contributed by atoms with Gasteiger partial charge in [-0.1, -0.05) is 18.2 Å². The molecule has 0 saturated heterocycles. The molecule has 2 aromatic carbocycles. The van der Waals surface area contributed by atoms with E-state index in [1.54, 1.807) is 6.07 Å². The van der Waals surface area contributed by atoms with Gasteiger partial charge in [-0.05, 0) is 36.8 Å². The van der Waals surface area contributed by atoms with Crippen LogP contribution in [-0.4, -0.2) is 26.6 Å². The van der Waals surface area contributed by atoms with Crippen LogP contribution in [0.15, 0.2) is 47.5 Å². The van der Waals surface area contributed by atoms with Crippen LogP contribution < -0.4 is 4.74 Å². The molecular weight excluding hydrogens is 310 g/mol. The molecule has 0 fully saturated rings. The Morgan fingerprint density at radius 2 is 1.83 bits per heavy atom. The minimum absolute atomic E-state index is 0.0112. The molecule has 1 unspecified atom stereocenters. The third kappa shape index (κ3) is 2.96. The monoisotopic (exact) mass is 327 g/mol. The molecule has 0 amide bonds. The van der Waals surface area contributed by atoms with Crippen LogP contribution in [0.3, 0.4) is 0 Å². The number of aliphatic imine (C=N–C) groups is 1. The molecule has 2 heterocycles. The Bertz CT molecular complexity index is 781. The standard InChI is InChI=1S/C12H13NO4.C6H4O/c1-8-4-5-9-10(6-8)13-11(15-2)17-12(9,7-14)16-3;1-2-4-6-5(3-1)7-6/h4-7H,1-3H3;1-4H. The number of nitrogens with zero attached hydrogens (tertiary/aromatic N) is 1. The van der Waals surface area contributed by atoms with Crippen molar-refractivity contribution in [3.63, 3.8) is 0 Å². The van der Waals surface area contributed by atoms with Gasteiger partial charge in [0.05, 0.1) is 18.4 Å². The van der Waals surface area contributed by atoms with Crippen LogP contribution in [0.25, 0.3) is 0 Å². The number of para-hydroxylation sites is 2. The summed E-state index contributed by atoms with van der Waals surface area (Å²) in [6, 6.07) is 13.3. The average molecular weight is 327 g/mol. The van der Waals surface area contributed by atoms with E-state index >= 15 is 0 Å². The zero-order chi connectivity index (χ0) is 17.2. The molecular formula is C18H17NO5. The number of hydrogen-bond donors (Lipinski definition) is 0. The number of benzene rings is 2. The zero-order valence-electron chi connectivity index (χ0n) is 13.6. The number of aryl methyl sites for hydroxylation is 1. The minimum atomic E-state index is -1.48. The number of hydrogen-bond acceptors (Lipinski definition) is 6. The van der Waals surface area contributed by atoms with Gasteiger partial charge >= 0.3 is 11.9 Å². The molecule has 6 nitrogen and oxygen atoms in total. The number of methoxy groups -OCH3 is 2. The van der Waals surface area contributed by atoms with Gasteiger partial charge in [0.2, 0.25) is 0 Å². The van der Waals surface area contributed by atoms with Gasteiger partial charge in [0.1, 0.15) is 0 Å². The fourth-order valence-corrected chi connectivity index (χ4v) is 2.32. The SMILES string of the molecule is COC1=Nc2cc(C)ccc2C(C=O)(OC)O1.c1ccc2c(c1)O2. The molecule has 6 heteroatoms. The van der Waals surface area contributed by atoms with Crippen molar-refractivity contribution in [3.05, 3.63) is 53.6 Å². The predicted octanol–water partition coefficient (Wildman–Crippen LogP) is 3.45. The average Bonchev–Trinajstić information content (AvgIpc) is 3.40. The maximum atomic E-state index is 11.3. The van der Waals surface area contributed by atoms with Gasteiger partial charge in [0, 0.05) is 7.11 Å². The van der Waals surface area contributed by atoms with Crippen molar-refractivity contribution in [2.24, 2.45) is 4.99 Å². The number of carbonyl (C=O) groups is 1. The Labute approximate surface area is 139 Å². The summed E-state index contributed by atoms with van der Waals surface area (Å²) >= 11 is 0. The largest absolute Gasteiger partial charge is 0.454 e. The predicted molar refractivity (Wildman–Crippen MR) is 87.6 cm³/mol. The third-order valence-electron chi connectivity index (χ3n) is 3.64. The third-order valence-corrected chi connectivity index (χ3v) is 3.64. The van der Waals surface area contributed by atoms with Crippen LogP contribution in [-0.2, 0) is 24.8 Å². The fourth-order valence-electron chi connectivity index (χ4n) is 2.32. The highest BCUT2D eigenvalue weighted by Gasteiger charge is 2.41. The normalized spacial score (nSPS) is 19.2. The van der Waals surface area contributed by atoms with E-state index < -0.39 is 5.79 Å². The summed E-state index contributed by atoms with van der Waals surface area (Å²) < 4.78 is 20.4. The molecule has 1 atom stereocenters. The van der Waals surface area contributed by atoms with Crippen molar-refractivity contribution in [3.8, 4) is 11.5 Å². The van der Waals surface area contributed by atoms with Crippen LogP contribution in [0.4, 0.5) is 5.69 Å². The second-order valence-corrected chi connectivity index (χ2v) is 5.24. The van der Waals surface area contributed by atoms with E-state index in [1.165, 1.54) is 14.2 Å². The first-order chi connectivity index (χ1) is 11.6. The summed E-state index contributed by atoms with van der Waals surface area (Å²) in [6.07, 6.45) is 0.603. The lowest BCUT2D eigenvalue weighted by Gasteiger charge is -2.31. The second-order valence-electron chi connectivity index (χ2n) is 5.24. The topological polar surface area (TPSA) is 69.7 Å². The number of fused-ring (bicyclic) bond motifs is 2. The summed E-state index contributed by atoms with van der Waals surface area (Å²) in [5, 5.41) is 0. The van der Waals surface area contributed by atoms with E-state index in [0.29, 0.717) is 17.5 Å². The molecule has 0 bridgehead atoms. The number of rotatable bonds is 2. The number of ether oxygens (including phenoxy) is 4. The minimum Gasteiger partial charge on any atom is -0.454 e. The maximum Gasteiger partial charge on any atom is 0.391 e. The Morgan fingerprint density at radius 3 is 2.38 bits per heavy atom. The summed E-state index contributed by atoms with van der Waals surface area (Å²) in [6.45, 7) is 1.94. The summed E-state index contributed by atoms with van der Waals surface area (Å²) in [4.78, 5) is 15.4. The first-order valence-electron chi connectivity index (χ1n) is 7.33. The summed E-state index contributed by atoms with van der Waals surface area (Å²) in [5.74, 6) is 0.584. The molecule has 124 valence electrons. The fraction of sp³-hybridized carbons (Fsp3) is 0.222. The highest BCUT2D eigenvalue weighted by Crippen LogP contribution is 2.43. The molecule has 0 radical (unpaired) electrons. The Morgan fingerprint density at radius 1 is 1.12 bits per heavy atom.